The summed E-state index contributed by atoms with van der Waals surface area (Å²) in [6.45, 7) is 1.58. The van der Waals surface area contributed by atoms with Crippen LogP contribution in [-0.4, -0.2) is 43.1 Å². The first-order chi connectivity index (χ1) is 13.1. The number of rotatable bonds is 4. The van der Waals surface area contributed by atoms with Gasteiger partial charge in [-0.05, 0) is 31.0 Å². The van der Waals surface area contributed by atoms with Crippen LogP contribution in [0.1, 0.15) is 23.7 Å². The maximum Gasteiger partial charge on any atom is 0.232 e. The van der Waals surface area contributed by atoms with Crippen molar-refractivity contribution in [3.63, 3.8) is 0 Å². The first-order valence-electron chi connectivity index (χ1n) is 8.94. The molecule has 27 heavy (non-hydrogen) atoms. The van der Waals surface area contributed by atoms with Gasteiger partial charge in [0.15, 0.2) is 9.84 Å². The summed E-state index contributed by atoms with van der Waals surface area (Å²) in [6.07, 6.45) is 2.07. The molecule has 5 nitrogen and oxygen atoms in total. The molecule has 1 atom stereocenters. The van der Waals surface area contributed by atoms with E-state index in [1.807, 2.05) is 23.1 Å². The zero-order valence-electron chi connectivity index (χ0n) is 14.7. The van der Waals surface area contributed by atoms with Crippen LogP contribution in [0.2, 0.25) is 0 Å². The van der Waals surface area contributed by atoms with Crippen LogP contribution in [0.3, 0.4) is 0 Å². The lowest BCUT2D eigenvalue weighted by atomic mass is 10.1. The Morgan fingerprint density at radius 2 is 1.70 bits per heavy atom. The third kappa shape index (κ3) is 3.53. The standard InChI is InChI=1S/C20H20N2O3S2/c23-18(22-12-6-7-13-22)14-26-20-19(16-10-4-5-11-17(16)21-20)27(24,25)15-8-2-1-3-9-15/h1-5,8-11,19H,6-7,12-14H2. The minimum atomic E-state index is -3.64. The van der Waals surface area contributed by atoms with E-state index in [-0.39, 0.29) is 16.6 Å². The largest absolute Gasteiger partial charge is 0.342 e. The number of amides is 1. The van der Waals surface area contributed by atoms with Gasteiger partial charge in [0.25, 0.3) is 0 Å². The Morgan fingerprint density at radius 1 is 1.04 bits per heavy atom. The molecule has 7 heteroatoms. The third-order valence-electron chi connectivity index (χ3n) is 4.86. The molecule has 1 fully saturated rings. The molecule has 2 aliphatic rings. The van der Waals surface area contributed by atoms with Gasteiger partial charge in [-0.1, -0.05) is 48.2 Å². The number of benzene rings is 2. The Bertz CT molecular complexity index is 981. The first-order valence-corrected chi connectivity index (χ1v) is 11.5. The van der Waals surface area contributed by atoms with Gasteiger partial charge in [-0.3, -0.25) is 4.79 Å². The van der Waals surface area contributed by atoms with Gasteiger partial charge in [-0.25, -0.2) is 13.4 Å². The Labute approximate surface area is 163 Å². The van der Waals surface area contributed by atoms with Crippen LogP contribution in [0.5, 0.6) is 0 Å². The molecule has 2 aromatic carbocycles. The molecule has 0 spiro atoms. The summed E-state index contributed by atoms with van der Waals surface area (Å²) in [6, 6.07) is 15.7. The molecule has 2 heterocycles. The normalized spacial score (nSPS) is 19.0. The Balaban J connectivity index is 1.63. The average molecular weight is 401 g/mol. The first kappa shape index (κ1) is 18.3. The average Bonchev–Trinajstić information content (AvgIpc) is 3.34. The fourth-order valence-electron chi connectivity index (χ4n) is 3.47. The topological polar surface area (TPSA) is 66.8 Å². The number of hydrogen-bond donors (Lipinski definition) is 0. The van der Waals surface area contributed by atoms with Gasteiger partial charge >= 0.3 is 0 Å². The molecule has 0 aromatic heterocycles. The molecule has 1 saturated heterocycles. The number of carbonyl (C=O) groups excluding carboxylic acids is 1. The second kappa shape index (κ2) is 7.48. The molecule has 0 bridgehead atoms. The maximum absolute atomic E-state index is 13.3. The van der Waals surface area contributed by atoms with Crippen molar-refractivity contribution in [2.45, 2.75) is 23.0 Å². The van der Waals surface area contributed by atoms with Gasteiger partial charge in [0.05, 0.1) is 21.4 Å². The predicted octanol–water partition coefficient (Wildman–Crippen LogP) is 3.60. The number of hydrogen-bond acceptors (Lipinski definition) is 5. The van der Waals surface area contributed by atoms with Gasteiger partial charge in [-0.15, -0.1) is 0 Å². The van der Waals surface area contributed by atoms with Crippen molar-refractivity contribution < 1.29 is 13.2 Å². The number of aliphatic imine (C=N–C) groups is 1. The lowest BCUT2D eigenvalue weighted by Gasteiger charge is -2.17. The summed E-state index contributed by atoms with van der Waals surface area (Å²) in [5.74, 6) is 0.264. The van der Waals surface area contributed by atoms with Crippen LogP contribution >= 0.6 is 11.8 Å². The molecule has 1 amide bonds. The third-order valence-corrected chi connectivity index (χ3v) is 8.05. The summed E-state index contributed by atoms with van der Waals surface area (Å²) >= 11 is 1.24. The van der Waals surface area contributed by atoms with Crippen molar-refractivity contribution in [1.82, 2.24) is 4.90 Å². The summed E-state index contributed by atoms with van der Waals surface area (Å²) in [5.41, 5.74) is 1.34. The molecule has 1 unspecified atom stereocenters. The zero-order chi connectivity index (χ0) is 18.9. The zero-order valence-corrected chi connectivity index (χ0v) is 16.4. The second-order valence-corrected chi connectivity index (χ2v) is 9.65. The number of nitrogens with zero attached hydrogens (tertiary/aromatic N) is 2. The van der Waals surface area contributed by atoms with Crippen LogP contribution in [-0.2, 0) is 14.6 Å². The van der Waals surface area contributed by atoms with Crippen LogP contribution in [0.15, 0.2) is 64.5 Å². The predicted molar refractivity (Wildman–Crippen MR) is 108 cm³/mol. The molecule has 2 aromatic rings. The quantitative estimate of drug-likeness (QED) is 0.786. The van der Waals surface area contributed by atoms with Crippen molar-refractivity contribution in [2.24, 2.45) is 4.99 Å². The van der Waals surface area contributed by atoms with Gasteiger partial charge in [0, 0.05) is 18.7 Å². The van der Waals surface area contributed by atoms with E-state index in [4.69, 9.17) is 0 Å². The molecule has 0 N–H and O–H groups in total. The lowest BCUT2D eigenvalue weighted by Crippen LogP contribution is -2.30. The molecule has 0 saturated carbocycles. The maximum atomic E-state index is 13.3. The molecular formula is C20H20N2O3S2. The molecular weight excluding hydrogens is 380 g/mol. The van der Waals surface area contributed by atoms with E-state index in [1.165, 1.54) is 11.8 Å². The van der Waals surface area contributed by atoms with Gasteiger partial charge in [0.1, 0.15) is 5.25 Å². The monoisotopic (exact) mass is 400 g/mol. The summed E-state index contributed by atoms with van der Waals surface area (Å²) in [5, 5.41) is -0.375. The van der Waals surface area contributed by atoms with Crippen LogP contribution in [0, 0.1) is 0 Å². The van der Waals surface area contributed by atoms with Crippen LogP contribution < -0.4 is 0 Å². The van der Waals surface area contributed by atoms with Crippen molar-refractivity contribution in [3.8, 4) is 0 Å². The molecule has 0 radical (unpaired) electrons. The summed E-state index contributed by atoms with van der Waals surface area (Å²) in [4.78, 5) is 19.1. The summed E-state index contributed by atoms with van der Waals surface area (Å²) in [7, 11) is -3.64. The van der Waals surface area contributed by atoms with Gasteiger partial charge in [-0.2, -0.15) is 0 Å². The molecule has 140 valence electrons. The SMILES string of the molecule is O=C(CSC1=Nc2ccccc2C1S(=O)(=O)c1ccccc1)N1CCCC1. The van der Waals surface area contributed by atoms with Crippen molar-refractivity contribution in [3.05, 3.63) is 60.2 Å². The van der Waals surface area contributed by atoms with E-state index >= 15 is 0 Å². The number of carbonyl (C=O) groups is 1. The highest BCUT2D eigenvalue weighted by atomic mass is 32.2. The van der Waals surface area contributed by atoms with Crippen LogP contribution in [0.25, 0.3) is 0 Å². The van der Waals surface area contributed by atoms with Crippen molar-refractivity contribution in [2.75, 3.05) is 18.8 Å². The number of likely N-dealkylation sites (tertiary alicyclic amines) is 1. The fourth-order valence-corrected chi connectivity index (χ4v) is 6.61. The second-order valence-electron chi connectivity index (χ2n) is 6.62. The van der Waals surface area contributed by atoms with Crippen LogP contribution in [0.4, 0.5) is 5.69 Å². The highest BCUT2D eigenvalue weighted by Crippen LogP contribution is 2.44. The smallest absolute Gasteiger partial charge is 0.232 e. The Kier molecular flexibility index (Phi) is 5.06. The van der Waals surface area contributed by atoms with Crippen molar-refractivity contribution in [1.29, 1.82) is 0 Å². The minimum Gasteiger partial charge on any atom is -0.342 e. The minimum absolute atomic E-state index is 0.0482. The summed E-state index contributed by atoms with van der Waals surface area (Å²) < 4.78 is 26.6. The van der Waals surface area contributed by atoms with Gasteiger partial charge in [0.2, 0.25) is 5.91 Å². The molecule has 0 aliphatic carbocycles. The van der Waals surface area contributed by atoms with E-state index in [2.05, 4.69) is 4.99 Å². The van der Waals surface area contributed by atoms with E-state index in [0.717, 1.165) is 25.9 Å². The van der Waals surface area contributed by atoms with E-state index < -0.39 is 15.1 Å². The number of fused-ring (bicyclic) bond motifs is 1. The van der Waals surface area contributed by atoms with E-state index in [1.54, 1.807) is 36.4 Å². The number of thioether (sulfide) groups is 1. The van der Waals surface area contributed by atoms with Gasteiger partial charge < -0.3 is 4.90 Å². The van der Waals surface area contributed by atoms with Crippen molar-refractivity contribution >= 4 is 38.2 Å². The fraction of sp³-hybridized carbons (Fsp3) is 0.300. The number of para-hydroxylation sites is 1. The lowest BCUT2D eigenvalue weighted by molar-refractivity contribution is -0.127. The highest BCUT2D eigenvalue weighted by molar-refractivity contribution is 8.16. The highest BCUT2D eigenvalue weighted by Gasteiger charge is 2.39. The Morgan fingerprint density at radius 3 is 2.44 bits per heavy atom. The number of sulfone groups is 1. The van der Waals surface area contributed by atoms with E-state index in [9.17, 15) is 13.2 Å². The molecule has 4 rings (SSSR count). The van der Waals surface area contributed by atoms with E-state index in [0.29, 0.717) is 16.3 Å². The Hall–Kier alpha value is -2.12. The molecule has 2 aliphatic heterocycles.